The molecule has 0 aliphatic heterocycles. The van der Waals surface area contributed by atoms with Gasteiger partial charge in [-0.25, -0.2) is 4.39 Å². The Labute approximate surface area is 174 Å². The van der Waals surface area contributed by atoms with E-state index < -0.39 is 5.82 Å². The first-order chi connectivity index (χ1) is 14.6. The fraction of sp³-hybridized carbons (Fsp3) is 0.125. The summed E-state index contributed by atoms with van der Waals surface area (Å²) in [6.45, 7) is 2.51. The molecule has 0 aromatic heterocycles. The number of halogens is 1. The SMILES string of the molecule is CCOc1ccc(Oc2ccccc2NC(=O)/C=C/c2ccc(OC)c(F)c2)cc1. The van der Waals surface area contributed by atoms with Gasteiger partial charge in [0, 0.05) is 6.08 Å². The molecule has 3 aromatic carbocycles. The molecule has 0 saturated carbocycles. The second kappa shape index (κ2) is 10.1. The van der Waals surface area contributed by atoms with E-state index in [9.17, 15) is 9.18 Å². The monoisotopic (exact) mass is 407 g/mol. The molecule has 0 radical (unpaired) electrons. The molecule has 5 nitrogen and oxygen atoms in total. The maximum absolute atomic E-state index is 13.8. The molecule has 0 aliphatic carbocycles. The van der Waals surface area contributed by atoms with Crippen LogP contribution in [-0.4, -0.2) is 19.6 Å². The van der Waals surface area contributed by atoms with E-state index in [1.807, 2.05) is 25.1 Å². The zero-order chi connectivity index (χ0) is 21.3. The Morgan fingerprint density at radius 3 is 2.43 bits per heavy atom. The molecule has 3 rings (SSSR count). The van der Waals surface area contributed by atoms with Crippen molar-refractivity contribution in [3.8, 4) is 23.0 Å². The summed E-state index contributed by atoms with van der Waals surface area (Å²) in [6, 6.07) is 18.8. The quantitative estimate of drug-likeness (QED) is 0.488. The molecule has 0 saturated heterocycles. The van der Waals surface area contributed by atoms with Crippen molar-refractivity contribution in [2.24, 2.45) is 0 Å². The van der Waals surface area contributed by atoms with Crippen LogP contribution in [0.2, 0.25) is 0 Å². The summed E-state index contributed by atoms with van der Waals surface area (Å²) in [5, 5.41) is 2.78. The third kappa shape index (κ3) is 5.61. The van der Waals surface area contributed by atoms with Gasteiger partial charge in [0.05, 0.1) is 19.4 Å². The van der Waals surface area contributed by atoms with Gasteiger partial charge in [-0.15, -0.1) is 0 Å². The van der Waals surface area contributed by atoms with Gasteiger partial charge in [-0.2, -0.15) is 0 Å². The number of rotatable bonds is 8. The van der Waals surface area contributed by atoms with Gasteiger partial charge in [0.25, 0.3) is 0 Å². The topological polar surface area (TPSA) is 56.8 Å². The van der Waals surface area contributed by atoms with E-state index in [-0.39, 0.29) is 11.7 Å². The van der Waals surface area contributed by atoms with E-state index >= 15 is 0 Å². The molecule has 0 aliphatic rings. The number of amides is 1. The molecule has 0 bridgehead atoms. The van der Waals surface area contributed by atoms with E-state index in [1.165, 1.54) is 31.4 Å². The van der Waals surface area contributed by atoms with Crippen molar-refractivity contribution in [1.82, 2.24) is 0 Å². The van der Waals surface area contributed by atoms with Gasteiger partial charge in [-0.05, 0) is 67.1 Å². The van der Waals surface area contributed by atoms with Crippen LogP contribution in [0.5, 0.6) is 23.0 Å². The zero-order valence-electron chi connectivity index (χ0n) is 16.7. The van der Waals surface area contributed by atoms with Crippen molar-refractivity contribution in [2.45, 2.75) is 6.92 Å². The van der Waals surface area contributed by atoms with Crippen molar-refractivity contribution in [3.05, 3.63) is 84.2 Å². The Bertz CT molecular complexity index is 1030. The minimum Gasteiger partial charge on any atom is -0.494 e. The van der Waals surface area contributed by atoms with E-state index in [0.717, 1.165) is 5.75 Å². The van der Waals surface area contributed by atoms with Gasteiger partial charge in [-0.3, -0.25) is 4.79 Å². The molecule has 0 heterocycles. The second-order valence-corrected chi connectivity index (χ2v) is 6.22. The van der Waals surface area contributed by atoms with Crippen LogP contribution in [0.15, 0.2) is 72.8 Å². The van der Waals surface area contributed by atoms with Crippen LogP contribution in [0.25, 0.3) is 6.08 Å². The third-order valence-corrected chi connectivity index (χ3v) is 4.11. The fourth-order valence-corrected chi connectivity index (χ4v) is 2.69. The zero-order valence-corrected chi connectivity index (χ0v) is 16.7. The van der Waals surface area contributed by atoms with E-state index in [1.54, 1.807) is 36.4 Å². The van der Waals surface area contributed by atoms with Gasteiger partial charge in [0.15, 0.2) is 17.3 Å². The van der Waals surface area contributed by atoms with Crippen molar-refractivity contribution in [2.75, 3.05) is 19.0 Å². The van der Waals surface area contributed by atoms with Crippen molar-refractivity contribution < 1.29 is 23.4 Å². The van der Waals surface area contributed by atoms with Gasteiger partial charge < -0.3 is 19.5 Å². The third-order valence-electron chi connectivity index (χ3n) is 4.11. The summed E-state index contributed by atoms with van der Waals surface area (Å²) in [7, 11) is 1.40. The highest BCUT2D eigenvalue weighted by Crippen LogP contribution is 2.30. The lowest BCUT2D eigenvalue weighted by atomic mass is 10.2. The number of nitrogens with one attached hydrogen (secondary N) is 1. The van der Waals surface area contributed by atoms with E-state index in [2.05, 4.69) is 5.32 Å². The van der Waals surface area contributed by atoms with Gasteiger partial charge in [0.1, 0.15) is 11.5 Å². The van der Waals surface area contributed by atoms with Gasteiger partial charge in [-0.1, -0.05) is 18.2 Å². The molecular weight excluding hydrogens is 385 g/mol. The smallest absolute Gasteiger partial charge is 0.248 e. The van der Waals surface area contributed by atoms with Crippen LogP contribution in [0.4, 0.5) is 10.1 Å². The molecule has 30 heavy (non-hydrogen) atoms. The van der Waals surface area contributed by atoms with Crippen molar-refractivity contribution in [1.29, 1.82) is 0 Å². The normalized spacial score (nSPS) is 10.6. The molecule has 1 amide bonds. The molecule has 154 valence electrons. The first kappa shape index (κ1) is 20.9. The van der Waals surface area contributed by atoms with Crippen LogP contribution in [0.3, 0.4) is 0 Å². The largest absolute Gasteiger partial charge is 0.494 e. The average molecular weight is 407 g/mol. The average Bonchev–Trinajstić information content (AvgIpc) is 2.75. The number of anilines is 1. The Kier molecular flexibility index (Phi) is 7.05. The first-order valence-electron chi connectivity index (χ1n) is 9.41. The van der Waals surface area contributed by atoms with Crippen molar-refractivity contribution in [3.63, 3.8) is 0 Å². The number of methoxy groups -OCH3 is 1. The molecule has 6 heteroatoms. The molecule has 0 atom stereocenters. The summed E-state index contributed by atoms with van der Waals surface area (Å²) in [5.74, 6) is 1.16. The molecule has 1 N–H and O–H groups in total. The molecule has 0 spiro atoms. The Balaban J connectivity index is 1.68. The Morgan fingerprint density at radius 2 is 1.73 bits per heavy atom. The number of carbonyl (C=O) groups excluding carboxylic acids is 1. The summed E-state index contributed by atoms with van der Waals surface area (Å²) >= 11 is 0. The number of para-hydroxylation sites is 2. The first-order valence-corrected chi connectivity index (χ1v) is 9.41. The minimum absolute atomic E-state index is 0.150. The summed E-state index contributed by atoms with van der Waals surface area (Å²) < 4.78 is 30.0. The minimum atomic E-state index is -0.492. The van der Waals surface area contributed by atoms with Crippen LogP contribution in [-0.2, 0) is 4.79 Å². The molecule has 0 unspecified atom stereocenters. The number of benzene rings is 3. The fourth-order valence-electron chi connectivity index (χ4n) is 2.69. The van der Waals surface area contributed by atoms with Gasteiger partial charge in [0.2, 0.25) is 5.91 Å². The van der Waals surface area contributed by atoms with Crippen LogP contribution in [0, 0.1) is 5.82 Å². The second-order valence-electron chi connectivity index (χ2n) is 6.22. The molecule has 0 fully saturated rings. The molecular formula is C24H22FNO4. The maximum atomic E-state index is 13.8. The highest BCUT2D eigenvalue weighted by molar-refractivity contribution is 6.02. The predicted molar refractivity (Wildman–Crippen MR) is 115 cm³/mol. The lowest BCUT2D eigenvalue weighted by molar-refractivity contribution is -0.111. The van der Waals surface area contributed by atoms with Crippen LogP contribution in [0.1, 0.15) is 12.5 Å². The van der Waals surface area contributed by atoms with Crippen LogP contribution >= 0.6 is 0 Å². The highest BCUT2D eigenvalue weighted by Gasteiger charge is 2.08. The van der Waals surface area contributed by atoms with E-state index in [4.69, 9.17) is 14.2 Å². The summed E-state index contributed by atoms with van der Waals surface area (Å²) in [5.41, 5.74) is 1.06. The lowest BCUT2D eigenvalue weighted by Crippen LogP contribution is -2.08. The molecule has 3 aromatic rings. The highest BCUT2D eigenvalue weighted by atomic mass is 19.1. The Hall–Kier alpha value is -3.80. The number of carbonyl (C=O) groups is 1. The summed E-state index contributed by atoms with van der Waals surface area (Å²) in [4.78, 5) is 12.3. The number of hydrogen-bond donors (Lipinski definition) is 1. The van der Waals surface area contributed by atoms with Gasteiger partial charge >= 0.3 is 0 Å². The standard InChI is InChI=1S/C24H22FNO4/c1-3-29-18-10-12-19(13-11-18)30-23-7-5-4-6-21(23)26-24(27)15-9-17-8-14-22(28-2)20(25)16-17/h4-16H,3H2,1-2H3,(H,26,27)/b15-9+. The summed E-state index contributed by atoms with van der Waals surface area (Å²) in [6.07, 6.45) is 2.85. The Morgan fingerprint density at radius 1 is 1.00 bits per heavy atom. The lowest BCUT2D eigenvalue weighted by Gasteiger charge is -2.12. The predicted octanol–water partition coefficient (Wildman–Crippen LogP) is 5.68. The van der Waals surface area contributed by atoms with E-state index in [0.29, 0.717) is 29.4 Å². The van der Waals surface area contributed by atoms with Crippen LogP contribution < -0.4 is 19.5 Å². The number of hydrogen-bond acceptors (Lipinski definition) is 4. The maximum Gasteiger partial charge on any atom is 0.248 e. The number of ether oxygens (including phenoxy) is 3. The van der Waals surface area contributed by atoms with Crippen molar-refractivity contribution >= 4 is 17.7 Å².